The van der Waals surface area contributed by atoms with Gasteiger partial charge in [-0.15, -0.1) is 0 Å². The Hall–Kier alpha value is -3.67. The van der Waals surface area contributed by atoms with E-state index < -0.39 is 6.10 Å². The molecular formula is C67H114O6. The van der Waals surface area contributed by atoms with Crippen LogP contribution in [0.4, 0.5) is 0 Å². The van der Waals surface area contributed by atoms with Crippen LogP contribution in [0.15, 0.2) is 97.2 Å². The molecule has 0 saturated carbocycles. The van der Waals surface area contributed by atoms with Crippen molar-refractivity contribution in [2.75, 3.05) is 13.2 Å². The highest BCUT2D eigenvalue weighted by molar-refractivity contribution is 5.71. The Morgan fingerprint density at radius 3 is 0.890 bits per heavy atom. The van der Waals surface area contributed by atoms with Gasteiger partial charge < -0.3 is 14.2 Å². The summed E-state index contributed by atoms with van der Waals surface area (Å²) in [6.45, 7) is 6.34. The number of hydrogen-bond acceptors (Lipinski definition) is 6. The molecule has 418 valence electrons. The number of carbonyl (C=O) groups excluding carboxylic acids is 3. The molecule has 0 bridgehead atoms. The normalized spacial score (nSPS) is 12.8. The molecule has 0 heterocycles. The summed E-state index contributed by atoms with van der Waals surface area (Å²) in [5, 5.41) is 0. The van der Waals surface area contributed by atoms with E-state index in [2.05, 4.69) is 106 Å². The van der Waals surface area contributed by atoms with Gasteiger partial charge in [-0.25, -0.2) is 0 Å². The van der Waals surface area contributed by atoms with Crippen molar-refractivity contribution in [3.63, 3.8) is 0 Å². The van der Waals surface area contributed by atoms with E-state index in [0.29, 0.717) is 19.3 Å². The van der Waals surface area contributed by atoms with Gasteiger partial charge in [0.1, 0.15) is 13.2 Å². The van der Waals surface area contributed by atoms with Crippen molar-refractivity contribution in [1.29, 1.82) is 0 Å². The van der Waals surface area contributed by atoms with E-state index in [0.717, 1.165) is 89.9 Å². The minimum absolute atomic E-state index is 0.102. The lowest BCUT2D eigenvalue weighted by molar-refractivity contribution is -0.166. The van der Waals surface area contributed by atoms with Gasteiger partial charge >= 0.3 is 17.9 Å². The molecule has 0 saturated heterocycles. The monoisotopic (exact) mass is 1010 g/mol. The molecule has 0 fully saturated rings. The Bertz CT molecular complexity index is 1440. The molecule has 0 aliphatic rings. The van der Waals surface area contributed by atoms with Crippen LogP contribution in [0.5, 0.6) is 0 Å². The molecule has 0 rings (SSSR count). The highest BCUT2D eigenvalue weighted by Crippen LogP contribution is 2.17. The third kappa shape index (κ3) is 59.1. The minimum Gasteiger partial charge on any atom is -0.462 e. The van der Waals surface area contributed by atoms with E-state index in [1.165, 1.54) is 154 Å². The maximum absolute atomic E-state index is 12.8. The Morgan fingerprint density at radius 2 is 0.562 bits per heavy atom. The van der Waals surface area contributed by atoms with Crippen molar-refractivity contribution in [2.45, 2.75) is 297 Å². The maximum atomic E-state index is 12.8. The number of unbranched alkanes of at least 4 members (excludes halogenated alkanes) is 28. The average molecular weight is 1020 g/mol. The summed E-state index contributed by atoms with van der Waals surface area (Å²) in [4.78, 5) is 38.0. The van der Waals surface area contributed by atoms with E-state index in [1.54, 1.807) is 0 Å². The number of carbonyl (C=O) groups is 3. The largest absolute Gasteiger partial charge is 0.462 e. The molecule has 0 amide bonds. The lowest BCUT2D eigenvalue weighted by Crippen LogP contribution is -2.30. The zero-order chi connectivity index (χ0) is 52.9. The second-order valence-electron chi connectivity index (χ2n) is 20.2. The van der Waals surface area contributed by atoms with E-state index >= 15 is 0 Å². The molecule has 0 aliphatic carbocycles. The van der Waals surface area contributed by atoms with Gasteiger partial charge in [-0.3, -0.25) is 14.4 Å². The first-order chi connectivity index (χ1) is 36.0. The molecule has 0 radical (unpaired) electrons. The van der Waals surface area contributed by atoms with Crippen molar-refractivity contribution in [3.8, 4) is 0 Å². The molecule has 73 heavy (non-hydrogen) atoms. The van der Waals surface area contributed by atoms with Crippen molar-refractivity contribution in [2.24, 2.45) is 0 Å². The van der Waals surface area contributed by atoms with Gasteiger partial charge in [0.25, 0.3) is 0 Å². The summed E-state index contributed by atoms with van der Waals surface area (Å²) >= 11 is 0. The average Bonchev–Trinajstić information content (AvgIpc) is 3.39. The van der Waals surface area contributed by atoms with E-state index in [9.17, 15) is 14.4 Å². The summed E-state index contributed by atoms with van der Waals surface area (Å²) in [7, 11) is 0. The van der Waals surface area contributed by atoms with Crippen LogP contribution < -0.4 is 0 Å². The first kappa shape index (κ1) is 69.3. The van der Waals surface area contributed by atoms with Crippen LogP contribution in [-0.4, -0.2) is 37.2 Å². The molecule has 1 unspecified atom stereocenters. The lowest BCUT2D eigenvalue weighted by Gasteiger charge is -2.18. The third-order valence-electron chi connectivity index (χ3n) is 13.1. The predicted octanol–water partition coefficient (Wildman–Crippen LogP) is 20.9. The summed E-state index contributed by atoms with van der Waals surface area (Å²) in [5.74, 6) is -0.980. The second-order valence-corrected chi connectivity index (χ2v) is 20.2. The number of esters is 3. The van der Waals surface area contributed by atoms with Gasteiger partial charge in [-0.05, 0) is 83.5 Å². The quantitative estimate of drug-likeness (QED) is 0.0261. The highest BCUT2D eigenvalue weighted by atomic mass is 16.6. The molecule has 6 nitrogen and oxygen atoms in total. The lowest BCUT2D eigenvalue weighted by atomic mass is 10.0. The number of rotatable bonds is 55. The predicted molar refractivity (Wildman–Crippen MR) is 316 cm³/mol. The standard InChI is InChI=1S/C67H114O6/c1-4-7-10-13-16-19-21-23-24-25-26-27-28-29-30-31-32-33-34-35-36-37-38-39-40-41-42-44-45-48-51-54-57-60-66(69)72-63-64(62-71-65(68)59-56-53-50-47-18-15-12-9-6-3)73-67(70)61-58-55-52-49-46-43-22-20-17-14-11-8-5-2/h7-8,10-11,16-17,19-20,23-24,26-27,43,46,52,55,64H,4-6,9,12-15,18,21-22,25,28-42,44-45,47-51,53-54,56-63H2,1-3H3/b10-7-,11-8-,19-16-,20-17-,24-23-,27-26-,46-43-,55-52-. The molecule has 1 atom stereocenters. The number of allylic oxidation sites excluding steroid dienone is 16. The van der Waals surface area contributed by atoms with Crippen LogP contribution in [-0.2, 0) is 28.6 Å². The SMILES string of the molecule is CC/C=C\C/C=C\C/C=C\C/C=C\CCCCCCCCCCCCCCCCCCCCCCC(=O)OCC(COC(=O)CCCCCCCCCCC)OC(=O)CC/C=C\C/C=C\C/C=C\C/C=C\CC. The first-order valence-electron chi connectivity index (χ1n) is 30.7. The molecular weight excluding hydrogens is 901 g/mol. The van der Waals surface area contributed by atoms with Gasteiger partial charge in [-0.1, -0.05) is 285 Å². The van der Waals surface area contributed by atoms with Gasteiger partial charge in [0.2, 0.25) is 0 Å². The van der Waals surface area contributed by atoms with E-state index in [-0.39, 0.29) is 37.5 Å². The summed E-state index contributed by atoms with van der Waals surface area (Å²) in [6.07, 6.45) is 81.8. The Labute approximate surface area is 451 Å². The summed E-state index contributed by atoms with van der Waals surface area (Å²) < 4.78 is 16.7. The molecule has 0 aromatic heterocycles. The van der Waals surface area contributed by atoms with Crippen molar-refractivity contribution >= 4 is 17.9 Å². The van der Waals surface area contributed by atoms with Crippen LogP contribution >= 0.6 is 0 Å². The van der Waals surface area contributed by atoms with Gasteiger partial charge in [-0.2, -0.15) is 0 Å². The van der Waals surface area contributed by atoms with Crippen LogP contribution in [0.1, 0.15) is 290 Å². The van der Waals surface area contributed by atoms with Gasteiger partial charge in [0, 0.05) is 19.3 Å². The summed E-state index contributed by atoms with van der Waals surface area (Å²) in [5.41, 5.74) is 0. The maximum Gasteiger partial charge on any atom is 0.306 e. The molecule has 0 aliphatic heterocycles. The smallest absolute Gasteiger partial charge is 0.306 e. The second kappa shape index (κ2) is 60.9. The van der Waals surface area contributed by atoms with E-state index in [1.807, 2.05) is 12.2 Å². The molecule has 0 aromatic carbocycles. The van der Waals surface area contributed by atoms with Crippen molar-refractivity contribution in [3.05, 3.63) is 97.2 Å². The fourth-order valence-corrected chi connectivity index (χ4v) is 8.57. The minimum atomic E-state index is -0.810. The van der Waals surface area contributed by atoms with Crippen molar-refractivity contribution in [1.82, 2.24) is 0 Å². The van der Waals surface area contributed by atoms with Crippen LogP contribution in [0.25, 0.3) is 0 Å². The zero-order valence-electron chi connectivity index (χ0n) is 47.9. The topological polar surface area (TPSA) is 78.9 Å². The third-order valence-corrected chi connectivity index (χ3v) is 13.1. The van der Waals surface area contributed by atoms with Gasteiger partial charge in [0.15, 0.2) is 6.10 Å². The van der Waals surface area contributed by atoms with Crippen LogP contribution in [0.2, 0.25) is 0 Å². The number of ether oxygens (including phenoxy) is 3. The fourth-order valence-electron chi connectivity index (χ4n) is 8.57. The molecule has 0 spiro atoms. The van der Waals surface area contributed by atoms with Crippen LogP contribution in [0, 0.1) is 0 Å². The van der Waals surface area contributed by atoms with Crippen LogP contribution in [0.3, 0.4) is 0 Å². The Morgan fingerprint density at radius 1 is 0.288 bits per heavy atom. The van der Waals surface area contributed by atoms with E-state index in [4.69, 9.17) is 14.2 Å². The fraction of sp³-hybridized carbons (Fsp3) is 0.716. The number of hydrogen-bond donors (Lipinski definition) is 0. The van der Waals surface area contributed by atoms with Crippen molar-refractivity contribution < 1.29 is 28.6 Å². The Balaban J connectivity index is 4.06. The summed E-state index contributed by atoms with van der Waals surface area (Å²) in [6, 6.07) is 0. The Kier molecular flexibility index (Phi) is 57.8. The zero-order valence-corrected chi connectivity index (χ0v) is 47.9. The van der Waals surface area contributed by atoms with Gasteiger partial charge in [0.05, 0.1) is 0 Å². The first-order valence-corrected chi connectivity index (χ1v) is 30.7. The highest BCUT2D eigenvalue weighted by Gasteiger charge is 2.19. The molecule has 6 heteroatoms. The molecule has 0 aromatic rings. The molecule has 0 N–H and O–H groups in total.